The number of halogens is 2. The van der Waals surface area contributed by atoms with Crippen molar-refractivity contribution in [3.63, 3.8) is 0 Å². The highest BCUT2D eigenvalue weighted by molar-refractivity contribution is 5.28. The second-order valence-corrected chi connectivity index (χ2v) is 8.81. The third-order valence-corrected chi connectivity index (χ3v) is 5.76. The molecule has 0 saturated carbocycles. The van der Waals surface area contributed by atoms with E-state index in [1.807, 2.05) is 12.1 Å². The van der Waals surface area contributed by atoms with Crippen LogP contribution in [-0.4, -0.2) is 47.9 Å². The highest BCUT2D eigenvalue weighted by Gasteiger charge is 2.31. The molecule has 2 aromatic carbocycles. The van der Waals surface area contributed by atoms with Crippen LogP contribution < -0.4 is 10.1 Å². The molecule has 0 bridgehead atoms. The lowest BCUT2D eigenvalue weighted by molar-refractivity contribution is 0.0632. The van der Waals surface area contributed by atoms with Crippen LogP contribution in [0.25, 0.3) is 0 Å². The highest BCUT2D eigenvalue weighted by atomic mass is 19.1. The number of ether oxygens (including phenoxy) is 1. The van der Waals surface area contributed by atoms with Gasteiger partial charge >= 0.3 is 0 Å². The summed E-state index contributed by atoms with van der Waals surface area (Å²) in [6, 6.07) is 11.6. The van der Waals surface area contributed by atoms with E-state index in [0.29, 0.717) is 18.7 Å². The summed E-state index contributed by atoms with van der Waals surface area (Å²) in [6.07, 6.45) is 2.11. The second-order valence-electron chi connectivity index (χ2n) is 8.81. The van der Waals surface area contributed by atoms with Gasteiger partial charge in [0, 0.05) is 30.7 Å². The van der Waals surface area contributed by atoms with Crippen molar-refractivity contribution < 1.29 is 18.6 Å². The van der Waals surface area contributed by atoms with Gasteiger partial charge in [0.05, 0.1) is 13.2 Å². The van der Waals surface area contributed by atoms with Crippen molar-refractivity contribution in [1.82, 2.24) is 10.2 Å². The molecule has 4 nitrogen and oxygen atoms in total. The number of benzene rings is 2. The first-order valence-corrected chi connectivity index (χ1v) is 10.5. The van der Waals surface area contributed by atoms with Crippen LogP contribution in [0.15, 0.2) is 42.5 Å². The molecule has 2 N–H and O–H groups in total. The molecule has 2 aromatic rings. The normalized spacial score (nSPS) is 18.5. The molecule has 1 saturated heterocycles. The van der Waals surface area contributed by atoms with Crippen molar-refractivity contribution in [2.45, 2.75) is 57.3 Å². The fraction of sp³-hybridized carbons (Fsp3) is 0.500. The number of methoxy groups -OCH3 is 1. The molecule has 0 amide bonds. The number of hydrogen-bond donors (Lipinski definition) is 2. The molecule has 0 radical (unpaired) electrons. The topological polar surface area (TPSA) is 44.7 Å². The summed E-state index contributed by atoms with van der Waals surface area (Å²) >= 11 is 0. The summed E-state index contributed by atoms with van der Waals surface area (Å²) in [5.41, 5.74) is 1.60. The smallest absolute Gasteiger partial charge is 0.126 e. The Morgan fingerprint density at radius 1 is 1.13 bits per heavy atom. The molecule has 1 aliphatic heterocycles. The summed E-state index contributed by atoms with van der Waals surface area (Å²) < 4.78 is 32.2. The summed E-state index contributed by atoms with van der Waals surface area (Å²) in [7, 11) is 1.65. The van der Waals surface area contributed by atoms with Gasteiger partial charge in [0.1, 0.15) is 17.4 Å². The fourth-order valence-electron chi connectivity index (χ4n) is 4.25. The lowest BCUT2D eigenvalue weighted by Crippen LogP contribution is -2.50. The van der Waals surface area contributed by atoms with Crippen molar-refractivity contribution in [3.8, 4) is 5.75 Å². The van der Waals surface area contributed by atoms with Gasteiger partial charge in [-0.25, -0.2) is 8.78 Å². The summed E-state index contributed by atoms with van der Waals surface area (Å²) in [5.74, 6) is -0.300. The number of β-amino-alcohol motifs (C(OH)–C–C–N with tert-alkyl or cyclic N) is 1. The fourth-order valence-corrected chi connectivity index (χ4v) is 4.25. The first-order valence-electron chi connectivity index (χ1n) is 10.5. The molecule has 0 unspecified atom stereocenters. The molecular weight excluding hydrogens is 386 g/mol. The lowest BCUT2D eigenvalue weighted by atomic mass is 9.94. The molecule has 30 heavy (non-hydrogen) atoms. The Morgan fingerprint density at radius 2 is 1.80 bits per heavy atom. The number of likely N-dealkylation sites (tertiary alicyclic amines) is 1. The van der Waals surface area contributed by atoms with E-state index in [2.05, 4.69) is 36.2 Å². The summed E-state index contributed by atoms with van der Waals surface area (Å²) in [4.78, 5) is 2.12. The van der Waals surface area contributed by atoms with Gasteiger partial charge in [0.25, 0.3) is 0 Å². The lowest BCUT2D eigenvalue weighted by Gasteiger charge is -2.33. The Bertz CT molecular complexity index is 806. The van der Waals surface area contributed by atoms with E-state index in [0.717, 1.165) is 37.6 Å². The summed E-state index contributed by atoms with van der Waals surface area (Å²) in [6.45, 7) is 5.94. The second kappa shape index (κ2) is 9.86. The third kappa shape index (κ3) is 6.24. The van der Waals surface area contributed by atoms with Gasteiger partial charge in [-0.2, -0.15) is 0 Å². The Kier molecular flexibility index (Phi) is 7.45. The van der Waals surface area contributed by atoms with Crippen molar-refractivity contribution in [2.75, 3.05) is 20.2 Å². The molecule has 3 rings (SSSR count). The number of nitrogens with zero attached hydrogens (tertiary/aromatic N) is 1. The maximum absolute atomic E-state index is 13.5. The standard InChI is InChI=1S/C24H32F2N2O2/c1-24(2,14-17-6-8-21(30-3)9-7-17)27-15-23(29)22-5-4-10-28(22)16-18-11-19(25)13-20(26)12-18/h6-9,11-13,22-23,27,29H,4-5,10,14-16H2,1-3H3/t22-,23-/m1/s1. The van der Waals surface area contributed by atoms with Crippen molar-refractivity contribution >= 4 is 0 Å². The van der Waals surface area contributed by atoms with Crippen LogP contribution in [0.3, 0.4) is 0 Å². The number of rotatable bonds is 9. The zero-order chi connectivity index (χ0) is 21.7. The SMILES string of the molecule is COc1ccc(CC(C)(C)NC[C@@H](O)[C@H]2CCCN2Cc2cc(F)cc(F)c2)cc1. The minimum absolute atomic E-state index is 0.0272. The molecule has 2 atom stereocenters. The van der Waals surface area contributed by atoms with E-state index >= 15 is 0 Å². The molecule has 1 heterocycles. The number of nitrogens with one attached hydrogen (secondary N) is 1. The zero-order valence-corrected chi connectivity index (χ0v) is 18.0. The first kappa shape index (κ1) is 22.7. The maximum Gasteiger partial charge on any atom is 0.126 e. The van der Waals surface area contributed by atoms with E-state index in [9.17, 15) is 13.9 Å². The Hall–Kier alpha value is -2.02. The van der Waals surface area contributed by atoms with E-state index in [1.165, 1.54) is 17.7 Å². The predicted molar refractivity (Wildman–Crippen MR) is 115 cm³/mol. The largest absolute Gasteiger partial charge is 0.497 e. The number of aliphatic hydroxyl groups is 1. The van der Waals surface area contributed by atoms with Gasteiger partial charge in [0.2, 0.25) is 0 Å². The third-order valence-electron chi connectivity index (χ3n) is 5.76. The van der Waals surface area contributed by atoms with Gasteiger partial charge in [-0.1, -0.05) is 12.1 Å². The average molecular weight is 419 g/mol. The van der Waals surface area contributed by atoms with E-state index in [4.69, 9.17) is 4.74 Å². The molecular formula is C24H32F2N2O2. The number of aliphatic hydroxyl groups excluding tert-OH is 1. The van der Waals surface area contributed by atoms with Gasteiger partial charge in [0.15, 0.2) is 0 Å². The molecule has 6 heteroatoms. The van der Waals surface area contributed by atoms with Crippen molar-refractivity contribution in [3.05, 3.63) is 65.2 Å². The number of hydrogen-bond acceptors (Lipinski definition) is 4. The van der Waals surface area contributed by atoms with E-state index in [1.54, 1.807) is 7.11 Å². The van der Waals surface area contributed by atoms with Gasteiger partial charge in [-0.05, 0) is 75.0 Å². The maximum atomic E-state index is 13.5. The Morgan fingerprint density at radius 3 is 2.43 bits per heavy atom. The zero-order valence-electron chi connectivity index (χ0n) is 18.0. The average Bonchev–Trinajstić information content (AvgIpc) is 3.14. The molecule has 0 aliphatic carbocycles. The van der Waals surface area contributed by atoms with Crippen molar-refractivity contribution in [2.24, 2.45) is 0 Å². The first-order chi connectivity index (χ1) is 14.3. The van der Waals surface area contributed by atoms with Gasteiger partial charge in [-0.3, -0.25) is 4.90 Å². The van der Waals surface area contributed by atoms with Crippen LogP contribution in [0.2, 0.25) is 0 Å². The van der Waals surface area contributed by atoms with Gasteiger partial charge < -0.3 is 15.2 Å². The predicted octanol–water partition coefficient (Wildman–Crippen LogP) is 3.91. The molecule has 1 fully saturated rings. The molecule has 0 aromatic heterocycles. The molecule has 164 valence electrons. The van der Waals surface area contributed by atoms with Crippen molar-refractivity contribution in [1.29, 1.82) is 0 Å². The van der Waals surface area contributed by atoms with Crippen LogP contribution in [0, 0.1) is 11.6 Å². The summed E-state index contributed by atoms with van der Waals surface area (Å²) in [5, 5.41) is 14.3. The monoisotopic (exact) mass is 418 g/mol. The van der Waals surface area contributed by atoms with Crippen LogP contribution in [0.4, 0.5) is 8.78 Å². The molecule has 1 aliphatic rings. The minimum atomic E-state index is -0.566. The van der Waals surface area contributed by atoms with Crippen LogP contribution >= 0.6 is 0 Å². The Balaban J connectivity index is 1.55. The van der Waals surface area contributed by atoms with E-state index < -0.39 is 17.7 Å². The van der Waals surface area contributed by atoms with Crippen LogP contribution in [0.1, 0.15) is 37.8 Å². The van der Waals surface area contributed by atoms with Crippen LogP contribution in [-0.2, 0) is 13.0 Å². The van der Waals surface area contributed by atoms with E-state index in [-0.39, 0.29) is 11.6 Å². The minimum Gasteiger partial charge on any atom is -0.497 e. The van der Waals surface area contributed by atoms with Gasteiger partial charge in [-0.15, -0.1) is 0 Å². The van der Waals surface area contributed by atoms with Crippen LogP contribution in [0.5, 0.6) is 5.75 Å². The highest BCUT2D eigenvalue weighted by Crippen LogP contribution is 2.24. The molecule has 0 spiro atoms. The quantitative estimate of drug-likeness (QED) is 0.648. The Labute approximate surface area is 177 Å².